The number of hydrogen-bond acceptors (Lipinski definition) is 4. The molecule has 0 amide bonds. The zero-order valence-corrected chi connectivity index (χ0v) is 20.2. The van der Waals surface area contributed by atoms with E-state index in [4.69, 9.17) is 9.47 Å². The molecule has 0 aliphatic carbocycles. The van der Waals surface area contributed by atoms with Crippen LogP contribution in [0.1, 0.15) is 50.4 Å². The van der Waals surface area contributed by atoms with Gasteiger partial charge in [-0.2, -0.15) is 23.4 Å². The van der Waals surface area contributed by atoms with Crippen LogP contribution in [-0.4, -0.2) is 41.2 Å². The second-order valence-electron chi connectivity index (χ2n) is 9.27. The molecule has 1 atom stereocenters. The van der Waals surface area contributed by atoms with Gasteiger partial charge in [-0.1, -0.05) is 20.8 Å². The molecular formula is C24H29F4N5O2. The van der Waals surface area contributed by atoms with Gasteiger partial charge in [0.05, 0.1) is 23.8 Å². The van der Waals surface area contributed by atoms with Crippen molar-refractivity contribution in [2.24, 2.45) is 17.0 Å². The average molecular weight is 496 g/mol. The molecule has 7 nitrogen and oxygen atoms in total. The smallest absolute Gasteiger partial charge is 0.416 e. The van der Waals surface area contributed by atoms with Crippen LogP contribution >= 0.6 is 0 Å². The standard InChI is InChI=1S/C24H29F4N5O2/c1-23(2,3)20-13-21(33(32(20)4)14-17-6-5-10-34-17)31-22(30-15-29)18-12-16(24(26,27)28)7-8-19(18)35-11-9-25/h7-8,12-13,17H,5-6,9-11,14H2,1-4H3/b30-22?,31-21+/t17-/m1/s1. The topological polar surface area (TPSA) is 76.8 Å². The molecule has 0 N–H and O–H groups in total. The third-order valence-corrected chi connectivity index (χ3v) is 5.67. The quantitative estimate of drug-likeness (QED) is 0.256. The lowest BCUT2D eigenvalue weighted by Gasteiger charge is -2.21. The van der Waals surface area contributed by atoms with E-state index in [-0.39, 0.29) is 35.3 Å². The fourth-order valence-corrected chi connectivity index (χ4v) is 4.02. The molecule has 0 saturated carbocycles. The normalized spacial score (nSPS) is 17.6. The summed E-state index contributed by atoms with van der Waals surface area (Å²) in [6, 6.07) is 4.55. The van der Waals surface area contributed by atoms with E-state index in [9.17, 15) is 22.8 Å². The Hall–Kier alpha value is -3.13. The summed E-state index contributed by atoms with van der Waals surface area (Å²) in [6.45, 7) is 6.02. The number of amidine groups is 1. The van der Waals surface area contributed by atoms with Crippen molar-refractivity contribution in [3.05, 3.63) is 46.6 Å². The molecule has 1 fully saturated rings. The van der Waals surface area contributed by atoms with Gasteiger partial charge in [0.2, 0.25) is 6.19 Å². The molecule has 0 radical (unpaired) electrons. The number of halogens is 4. The summed E-state index contributed by atoms with van der Waals surface area (Å²) in [5.74, 6) is -0.314. The van der Waals surface area contributed by atoms with Crippen molar-refractivity contribution >= 4 is 5.84 Å². The number of hydrogen-bond donors (Lipinski definition) is 0. The lowest BCUT2D eigenvalue weighted by atomic mass is 9.92. The van der Waals surface area contributed by atoms with E-state index >= 15 is 0 Å². The van der Waals surface area contributed by atoms with E-state index < -0.39 is 18.4 Å². The Morgan fingerprint density at radius 1 is 1.26 bits per heavy atom. The van der Waals surface area contributed by atoms with Crippen molar-refractivity contribution in [1.29, 1.82) is 5.26 Å². The van der Waals surface area contributed by atoms with Crippen LogP contribution in [-0.2, 0) is 29.9 Å². The summed E-state index contributed by atoms with van der Waals surface area (Å²) in [4.78, 5) is 8.24. The molecule has 2 heterocycles. The molecule has 1 aliphatic rings. The fraction of sp³-hybridized carbons (Fsp3) is 0.542. The Bertz CT molecular complexity index is 1180. The van der Waals surface area contributed by atoms with Crippen LogP contribution in [0, 0.1) is 11.5 Å². The van der Waals surface area contributed by atoms with Crippen molar-refractivity contribution in [3.8, 4) is 11.9 Å². The molecule has 1 aromatic carbocycles. The lowest BCUT2D eigenvalue weighted by molar-refractivity contribution is -0.137. The fourth-order valence-electron chi connectivity index (χ4n) is 4.02. The van der Waals surface area contributed by atoms with E-state index in [1.165, 1.54) is 0 Å². The van der Waals surface area contributed by atoms with Gasteiger partial charge in [-0.25, -0.2) is 9.38 Å². The minimum absolute atomic E-state index is 0.0382. The Kier molecular flexibility index (Phi) is 8.05. The number of benzene rings is 1. The SMILES string of the molecule is Cn1c(C(C)(C)C)c/c(=N\C(=NC#N)c2cc(C(F)(F)F)ccc2OCCF)n1C[C@H]1CCCO1. The average Bonchev–Trinajstić information content (AvgIpc) is 3.40. The van der Waals surface area contributed by atoms with Gasteiger partial charge >= 0.3 is 6.18 Å². The zero-order chi connectivity index (χ0) is 25.8. The maximum Gasteiger partial charge on any atom is 0.416 e. The number of nitriles is 1. The van der Waals surface area contributed by atoms with Gasteiger partial charge in [-0.05, 0) is 31.0 Å². The highest BCUT2D eigenvalue weighted by molar-refractivity contribution is 6.02. The molecule has 1 aromatic heterocycles. The van der Waals surface area contributed by atoms with Crippen LogP contribution < -0.4 is 10.2 Å². The maximum absolute atomic E-state index is 13.4. The highest BCUT2D eigenvalue weighted by atomic mass is 19.4. The zero-order valence-electron chi connectivity index (χ0n) is 20.2. The van der Waals surface area contributed by atoms with Crippen molar-refractivity contribution in [2.45, 2.75) is 57.9 Å². The number of aliphatic imine (C=N–C) groups is 1. The first-order valence-electron chi connectivity index (χ1n) is 11.3. The maximum atomic E-state index is 13.4. The predicted octanol–water partition coefficient (Wildman–Crippen LogP) is 4.50. The van der Waals surface area contributed by atoms with Gasteiger partial charge in [-0.15, -0.1) is 0 Å². The van der Waals surface area contributed by atoms with Gasteiger partial charge in [0, 0.05) is 30.8 Å². The van der Waals surface area contributed by atoms with Crippen molar-refractivity contribution < 1.29 is 27.0 Å². The first-order valence-corrected chi connectivity index (χ1v) is 11.3. The number of nitrogens with zero attached hydrogens (tertiary/aromatic N) is 5. The Morgan fingerprint density at radius 2 is 2.00 bits per heavy atom. The molecule has 1 saturated heterocycles. The molecule has 11 heteroatoms. The van der Waals surface area contributed by atoms with Crippen molar-refractivity contribution in [1.82, 2.24) is 9.36 Å². The highest BCUT2D eigenvalue weighted by Gasteiger charge is 2.32. The second-order valence-corrected chi connectivity index (χ2v) is 9.27. The highest BCUT2D eigenvalue weighted by Crippen LogP contribution is 2.33. The summed E-state index contributed by atoms with van der Waals surface area (Å²) in [5.41, 5.74) is -0.0607. The van der Waals surface area contributed by atoms with Crippen LogP contribution in [0.3, 0.4) is 0 Å². The molecule has 1 aliphatic heterocycles. The summed E-state index contributed by atoms with van der Waals surface area (Å²) >= 11 is 0. The minimum atomic E-state index is -4.64. The van der Waals surface area contributed by atoms with Crippen LogP contribution in [0.2, 0.25) is 0 Å². The van der Waals surface area contributed by atoms with Gasteiger partial charge in [0.15, 0.2) is 11.3 Å². The van der Waals surface area contributed by atoms with Crippen molar-refractivity contribution in [2.75, 3.05) is 19.9 Å². The largest absolute Gasteiger partial charge is 0.490 e. The molecule has 0 bridgehead atoms. The molecule has 35 heavy (non-hydrogen) atoms. The molecule has 0 spiro atoms. The van der Waals surface area contributed by atoms with E-state index in [0.29, 0.717) is 18.6 Å². The summed E-state index contributed by atoms with van der Waals surface area (Å²) in [6.07, 6.45) is -1.25. The van der Waals surface area contributed by atoms with Gasteiger partial charge < -0.3 is 9.47 Å². The van der Waals surface area contributed by atoms with E-state index in [2.05, 4.69) is 9.98 Å². The van der Waals surface area contributed by atoms with Crippen LogP contribution in [0.25, 0.3) is 0 Å². The Balaban J connectivity index is 2.22. The first kappa shape index (κ1) is 26.5. The second kappa shape index (κ2) is 10.6. The predicted molar refractivity (Wildman–Crippen MR) is 122 cm³/mol. The van der Waals surface area contributed by atoms with Crippen molar-refractivity contribution in [3.63, 3.8) is 0 Å². The monoisotopic (exact) mass is 495 g/mol. The van der Waals surface area contributed by atoms with Crippen LogP contribution in [0.5, 0.6) is 5.75 Å². The number of aromatic nitrogens is 2. The Morgan fingerprint density at radius 3 is 2.57 bits per heavy atom. The van der Waals surface area contributed by atoms with E-state index in [1.807, 2.05) is 43.2 Å². The third kappa shape index (κ3) is 6.31. The summed E-state index contributed by atoms with van der Waals surface area (Å²) in [7, 11) is 1.87. The first-order chi connectivity index (χ1) is 16.5. The number of alkyl halides is 4. The molecular weight excluding hydrogens is 466 g/mol. The molecule has 3 rings (SSSR count). The van der Waals surface area contributed by atoms with Crippen LogP contribution in [0.4, 0.5) is 17.6 Å². The van der Waals surface area contributed by atoms with Gasteiger partial charge in [-0.3, -0.25) is 9.36 Å². The Labute approximate surface area is 201 Å². The van der Waals surface area contributed by atoms with E-state index in [0.717, 1.165) is 36.7 Å². The molecule has 0 unspecified atom stereocenters. The minimum Gasteiger partial charge on any atom is -0.490 e. The van der Waals surface area contributed by atoms with Crippen LogP contribution in [0.15, 0.2) is 34.3 Å². The number of rotatable bonds is 6. The summed E-state index contributed by atoms with van der Waals surface area (Å²) in [5, 5.41) is 9.31. The van der Waals surface area contributed by atoms with Gasteiger partial charge in [0.1, 0.15) is 19.0 Å². The van der Waals surface area contributed by atoms with Gasteiger partial charge in [0.25, 0.3) is 0 Å². The lowest BCUT2D eigenvalue weighted by Crippen LogP contribution is -2.30. The van der Waals surface area contributed by atoms with E-state index in [1.54, 1.807) is 6.19 Å². The number of ether oxygens (including phenoxy) is 2. The summed E-state index contributed by atoms with van der Waals surface area (Å²) < 4.78 is 68.0. The molecule has 190 valence electrons. The molecule has 2 aromatic rings. The third-order valence-electron chi connectivity index (χ3n) is 5.67.